The first-order valence-corrected chi connectivity index (χ1v) is 10.6. The van der Waals surface area contributed by atoms with E-state index >= 15 is 0 Å². The number of aromatic nitrogens is 2. The van der Waals surface area contributed by atoms with Crippen molar-refractivity contribution < 1.29 is 14.6 Å². The van der Waals surface area contributed by atoms with Gasteiger partial charge in [-0.15, -0.1) is 11.3 Å². The zero-order chi connectivity index (χ0) is 21.9. The highest BCUT2D eigenvalue weighted by molar-refractivity contribution is 7.13. The maximum Gasteiger partial charge on any atom is 0.304 e. The maximum absolute atomic E-state index is 11.1. The number of nitrogens with zero attached hydrogens (tertiary/aromatic N) is 2. The summed E-state index contributed by atoms with van der Waals surface area (Å²) in [6.45, 7) is 10.2. The Morgan fingerprint density at radius 1 is 1.13 bits per heavy atom. The van der Waals surface area contributed by atoms with Crippen molar-refractivity contribution >= 4 is 28.1 Å². The molecule has 0 radical (unpaired) electrons. The van der Waals surface area contributed by atoms with E-state index in [-0.39, 0.29) is 11.8 Å². The van der Waals surface area contributed by atoms with Gasteiger partial charge in [0.05, 0.1) is 12.1 Å². The summed E-state index contributed by atoms with van der Waals surface area (Å²) in [7, 11) is 0. The molecule has 158 valence electrons. The lowest BCUT2D eigenvalue weighted by molar-refractivity contribution is -0.138. The average Bonchev–Trinajstić information content (AvgIpc) is 3.11. The molecule has 7 heteroatoms. The standard InChI is InChI=1S/C23H27N3O3S/c1-22(2,3)15-9-6-7-11-17(15)29-20-16(10-8-12-24-20)25-21-26-18(14-30-21)23(4,5)13-19(27)28/h6-12,14H,13H2,1-5H3,(H,25,26)(H,27,28). The summed E-state index contributed by atoms with van der Waals surface area (Å²) in [5, 5.41) is 15.0. The highest BCUT2D eigenvalue weighted by Crippen LogP contribution is 2.37. The van der Waals surface area contributed by atoms with Crippen molar-refractivity contribution in [1.82, 2.24) is 9.97 Å². The molecule has 0 unspecified atom stereocenters. The van der Waals surface area contributed by atoms with E-state index in [9.17, 15) is 4.79 Å². The van der Waals surface area contributed by atoms with Crippen molar-refractivity contribution in [2.75, 3.05) is 5.32 Å². The normalized spacial score (nSPS) is 11.9. The van der Waals surface area contributed by atoms with Crippen LogP contribution in [0.1, 0.15) is 52.3 Å². The Morgan fingerprint density at radius 2 is 1.87 bits per heavy atom. The third-order valence-electron chi connectivity index (χ3n) is 4.71. The fourth-order valence-electron chi connectivity index (χ4n) is 3.07. The molecule has 2 heterocycles. The number of aliphatic carboxylic acids is 1. The Balaban J connectivity index is 1.85. The quantitative estimate of drug-likeness (QED) is 0.474. The molecule has 2 N–H and O–H groups in total. The summed E-state index contributed by atoms with van der Waals surface area (Å²) >= 11 is 1.42. The van der Waals surface area contributed by atoms with Crippen LogP contribution >= 0.6 is 11.3 Å². The molecule has 30 heavy (non-hydrogen) atoms. The van der Waals surface area contributed by atoms with Gasteiger partial charge in [0.2, 0.25) is 5.88 Å². The van der Waals surface area contributed by atoms with Gasteiger partial charge >= 0.3 is 5.97 Å². The average molecular weight is 426 g/mol. The maximum atomic E-state index is 11.1. The number of pyridine rings is 1. The number of anilines is 2. The van der Waals surface area contributed by atoms with Crippen LogP contribution in [0.3, 0.4) is 0 Å². The number of carboxylic acid groups (broad SMARTS) is 1. The van der Waals surface area contributed by atoms with Crippen LogP contribution in [0, 0.1) is 0 Å². The molecule has 2 aromatic heterocycles. The number of nitrogens with one attached hydrogen (secondary N) is 1. The first-order valence-electron chi connectivity index (χ1n) is 9.73. The van der Waals surface area contributed by atoms with E-state index in [0.717, 1.165) is 17.0 Å². The van der Waals surface area contributed by atoms with E-state index in [1.165, 1.54) is 11.3 Å². The predicted octanol–water partition coefficient (Wildman–Crippen LogP) is 6.12. The topological polar surface area (TPSA) is 84.3 Å². The molecule has 1 aromatic carbocycles. The number of para-hydroxylation sites is 1. The van der Waals surface area contributed by atoms with Gasteiger partial charge in [0.1, 0.15) is 11.4 Å². The second kappa shape index (κ2) is 8.44. The Bertz CT molecular complexity index is 1040. The second-order valence-corrected chi connectivity index (χ2v) is 9.68. The fourth-order valence-corrected chi connectivity index (χ4v) is 3.99. The molecular formula is C23H27N3O3S. The number of rotatable bonds is 7. The van der Waals surface area contributed by atoms with Crippen LogP contribution in [0.25, 0.3) is 0 Å². The molecule has 0 fully saturated rings. The Morgan fingerprint density at radius 3 is 2.57 bits per heavy atom. The van der Waals surface area contributed by atoms with Gasteiger partial charge in [-0.3, -0.25) is 4.79 Å². The molecule has 0 bridgehead atoms. The number of thiazole rings is 1. The highest BCUT2D eigenvalue weighted by Gasteiger charge is 2.27. The predicted molar refractivity (Wildman–Crippen MR) is 120 cm³/mol. The van der Waals surface area contributed by atoms with Crippen molar-refractivity contribution in [3.63, 3.8) is 0 Å². The summed E-state index contributed by atoms with van der Waals surface area (Å²) in [5.41, 5.74) is 1.90. The lowest BCUT2D eigenvalue weighted by Crippen LogP contribution is -2.22. The summed E-state index contributed by atoms with van der Waals surface area (Å²) < 4.78 is 6.19. The van der Waals surface area contributed by atoms with Crippen molar-refractivity contribution in [1.29, 1.82) is 0 Å². The molecule has 6 nitrogen and oxygen atoms in total. The van der Waals surface area contributed by atoms with Crippen LogP contribution in [0.5, 0.6) is 11.6 Å². The Hall–Kier alpha value is -2.93. The van der Waals surface area contributed by atoms with Gasteiger partial charge in [0.15, 0.2) is 5.13 Å². The van der Waals surface area contributed by atoms with Gasteiger partial charge in [0.25, 0.3) is 0 Å². The summed E-state index contributed by atoms with van der Waals surface area (Å²) in [6.07, 6.45) is 1.70. The third-order valence-corrected chi connectivity index (χ3v) is 5.46. The van der Waals surface area contributed by atoms with Gasteiger partial charge in [-0.05, 0) is 23.6 Å². The Labute approximate surface area is 181 Å². The molecule has 0 spiro atoms. The third kappa shape index (κ3) is 5.16. The molecule has 0 aliphatic heterocycles. The number of ether oxygens (including phenoxy) is 1. The number of carbonyl (C=O) groups is 1. The zero-order valence-electron chi connectivity index (χ0n) is 17.9. The van der Waals surface area contributed by atoms with E-state index in [1.54, 1.807) is 6.20 Å². The van der Waals surface area contributed by atoms with Crippen LogP contribution in [0.2, 0.25) is 0 Å². The first kappa shape index (κ1) is 21.8. The van der Waals surface area contributed by atoms with Crippen LogP contribution in [-0.2, 0) is 15.6 Å². The monoisotopic (exact) mass is 425 g/mol. The van der Waals surface area contributed by atoms with Crippen molar-refractivity contribution in [3.05, 3.63) is 59.2 Å². The van der Waals surface area contributed by atoms with Crippen molar-refractivity contribution in [2.24, 2.45) is 0 Å². The molecule has 3 aromatic rings. The van der Waals surface area contributed by atoms with Crippen LogP contribution in [-0.4, -0.2) is 21.0 Å². The van der Waals surface area contributed by atoms with Gasteiger partial charge < -0.3 is 15.2 Å². The van der Waals surface area contributed by atoms with Crippen LogP contribution in [0.15, 0.2) is 48.0 Å². The number of hydrogen-bond acceptors (Lipinski definition) is 6. The van der Waals surface area contributed by atoms with Gasteiger partial charge in [0, 0.05) is 22.6 Å². The molecular weight excluding hydrogens is 398 g/mol. The van der Waals surface area contributed by atoms with E-state index in [1.807, 2.05) is 49.6 Å². The fraction of sp³-hybridized carbons (Fsp3) is 0.348. The minimum absolute atomic E-state index is 0.0149. The minimum Gasteiger partial charge on any atom is -0.481 e. The minimum atomic E-state index is -0.844. The summed E-state index contributed by atoms with van der Waals surface area (Å²) in [4.78, 5) is 20.1. The summed E-state index contributed by atoms with van der Waals surface area (Å²) in [5.74, 6) is 0.368. The van der Waals surface area contributed by atoms with Gasteiger partial charge in [-0.2, -0.15) is 0 Å². The van der Waals surface area contributed by atoms with Gasteiger partial charge in [-0.1, -0.05) is 52.8 Å². The summed E-state index contributed by atoms with van der Waals surface area (Å²) in [6, 6.07) is 11.6. The highest BCUT2D eigenvalue weighted by atomic mass is 32.1. The zero-order valence-corrected chi connectivity index (χ0v) is 18.7. The van der Waals surface area contributed by atoms with Crippen molar-refractivity contribution in [2.45, 2.75) is 51.9 Å². The molecule has 0 aliphatic carbocycles. The molecule has 0 atom stereocenters. The van der Waals surface area contributed by atoms with E-state index in [0.29, 0.717) is 16.7 Å². The molecule has 0 aliphatic rings. The number of carboxylic acids is 1. The SMILES string of the molecule is CC(C)(C)c1ccccc1Oc1ncccc1Nc1nc(C(C)(C)CC(=O)O)cs1. The number of benzene rings is 1. The van der Waals surface area contributed by atoms with Crippen molar-refractivity contribution in [3.8, 4) is 11.6 Å². The van der Waals surface area contributed by atoms with E-state index < -0.39 is 11.4 Å². The van der Waals surface area contributed by atoms with E-state index in [4.69, 9.17) is 9.84 Å². The first-order chi connectivity index (χ1) is 14.1. The van der Waals surface area contributed by atoms with Crippen LogP contribution < -0.4 is 10.1 Å². The van der Waals surface area contributed by atoms with Gasteiger partial charge in [-0.25, -0.2) is 9.97 Å². The lowest BCUT2D eigenvalue weighted by atomic mass is 9.86. The number of hydrogen-bond donors (Lipinski definition) is 2. The largest absolute Gasteiger partial charge is 0.481 e. The molecule has 0 saturated carbocycles. The molecule has 0 saturated heterocycles. The lowest BCUT2D eigenvalue weighted by Gasteiger charge is -2.22. The van der Waals surface area contributed by atoms with Crippen LogP contribution in [0.4, 0.5) is 10.8 Å². The molecule has 3 rings (SSSR count). The van der Waals surface area contributed by atoms with E-state index in [2.05, 4.69) is 42.1 Å². The second-order valence-electron chi connectivity index (χ2n) is 8.82. The Kier molecular flexibility index (Phi) is 6.12. The molecule has 0 amide bonds. The smallest absolute Gasteiger partial charge is 0.304 e.